The molecule has 0 spiro atoms. The number of hydrogen-bond acceptors (Lipinski definition) is 6. The second-order valence-electron chi connectivity index (χ2n) is 7.53. The molecule has 0 bridgehead atoms. The molecule has 2 aliphatic rings. The Morgan fingerprint density at radius 3 is 2.85 bits per heavy atom. The molecule has 140 valence electrons. The number of hydrogen-bond donors (Lipinski definition) is 1. The van der Waals surface area contributed by atoms with E-state index < -0.39 is 0 Å². The summed E-state index contributed by atoms with van der Waals surface area (Å²) < 4.78 is 7.71. The molecule has 1 N–H and O–H groups in total. The van der Waals surface area contributed by atoms with Gasteiger partial charge in [0.05, 0.1) is 11.7 Å². The molecule has 3 heterocycles. The van der Waals surface area contributed by atoms with Crippen LogP contribution in [0.3, 0.4) is 0 Å². The molecule has 1 aromatic carbocycles. The topological polar surface area (TPSA) is 72.0 Å². The van der Waals surface area contributed by atoms with Crippen molar-refractivity contribution in [3.05, 3.63) is 46.9 Å². The van der Waals surface area contributed by atoms with Gasteiger partial charge in [0.1, 0.15) is 0 Å². The van der Waals surface area contributed by atoms with Crippen molar-refractivity contribution in [1.29, 1.82) is 0 Å². The van der Waals surface area contributed by atoms with Gasteiger partial charge in [0.25, 0.3) is 5.89 Å². The molecule has 0 saturated carbocycles. The van der Waals surface area contributed by atoms with Crippen molar-refractivity contribution >= 4 is 0 Å². The molecule has 1 fully saturated rings. The zero-order valence-electron chi connectivity index (χ0n) is 15.8. The van der Waals surface area contributed by atoms with Crippen LogP contribution in [0.15, 0.2) is 28.8 Å². The highest BCUT2D eigenvalue weighted by atomic mass is 16.5. The summed E-state index contributed by atoms with van der Waals surface area (Å²) in [6.07, 6.45) is 3.19. The number of piperazine rings is 1. The molecule has 1 unspecified atom stereocenters. The lowest BCUT2D eigenvalue weighted by molar-refractivity contribution is 0.190. The van der Waals surface area contributed by atoms with Crippen LogP contribution in [-0.4, -0.2) is 51.5 Å². The highest BCUT2D eigenvalue weighted by Gasteiger charge is 2.30. The highest BCUT2D eigenvalue weighted by Crippen LogP contribution is 2.33. The maximum absolute atomic E-state index is 5.65. The predicted molar refractivity (Wildman–Crippen MR) is 102 cm³/mol. The maximum atomic E-state index is 5.65. The molecular weight excluding hydrogens is 340 g/mol. The van der Waals surface area contributed by atoms with Gasteiger partial charge in [-0.2, -0.15) is 10.1 Å². The van der Waals surface area contributed by atoms with Crippen molar-refractivity contribution < 1.29 is 4.52 Å². The Labute approximate surface area is 158 Å². The van der Waals surface area contributed by atoms with Crippen LogP contribution in [0.1, 0.15) is 35.1 Å². The average molecular weight is 364 g/mol. The van der Waals surface area contributed by atoms with Gasteiger partial charge >= 0.3 is 0 Å². The van der Waals surface area contributed by atoms with Crippen LogP contribution in [-0.2, 0) is 12.8 Å². The van der Waals surface area contributed by atoms with Crippen molar-refractivity contribution in [3.63, 3.8) is 0 Å². The smallest absolute Gasteiger partial charge is 0.278 e. The number of nitrogens with one attached hydrogen (secondary N) is 1. The molecular formula is C20H24N6O. The van der Waals surface area contributed by atoms with Crippen molar-refractivity contribution in [2.24, 2.45) is 0 Å². The monoisotopic (exact) mass is 364 g/mol. The van der Waals surface area contributed by atoms with Crippen LogP contribution in [0.25, 0.3) is 17.3 Å². The first-order valence-corrected chi connectivity index (χ1v) is 9.63. The van der Waals surface area contributed by atoms with E-state index in [2.05, 4.69) is 58.3 Å². The van der Waals surface area contributed by atoms with E-state index in [1.165, 1.54) is 16.8 Å². The third-order valence-corrected chi connectivity index (χ3v) is 5.66. The molecule has 2 aromatic heterocycles. The first-order chi connectivity index (χ1) is 13.2. The van der Waals surface area contributed by atoms with Gasteiger partial charge in [-0.3, -0.25) is 4.90 Å². The van der Waals surface area contributed by atoms with E-state index in [1.54, 1.807) is 0 Å². The third-order valence-electron chi connectivity index (χ3n) is 5.66. The van der Waals surface area contributed by atoms with Crippen LogP contribution < -0.4 is 5.32 Å². The average Bonchev–Trinajstić information content (AvgIpc) is 3.39. The van der Waals surface area contributed by atoms with Gasteiger partial charge in [-0.25, -0.2) is 4.68 Å². The van der Waals surface area contributed by atoms with Gasteiger partial charge in [-0.05, 0) is 45.4 Å². The summed E-state index contributed by atoms with van der Waals surface area (Å²) in [5.74, 6) is 1.27. The quantitative estimate of drug-likeness (QED) is 0.769. The van der Waals surface area contributed by atoms with E-state index >= 15 is 0 Å². The number of fused-ring (bicyclic) bond motifs is 1. The predicted octanol–water partition coefficient (Wildman–Crippen LogP) is 2.30. The van der Waals surface area contributed by atoms with Crippen LogP contribution in [0.2, 0.25) is 0 Å². The Balaban J connectivity index is 1.53. The van der Waals surface area contributed by atoms with E-state index in [0.717, 1.165) is 56.1 Å². The second kappa shape index (κ2) is 6.58. The summed E-state index contributed by atoms with van der Waals surface area (Å²) in [7, 11) is 2.10. The molecule has 5 rings (SSSR count). The van der Waals surface area contributed by atoms with Crippen LogP contribution >= 0.6 is 0 Å². The zero-order valence-corrected chi connectivity index (χ0v) is 15.8. The minimum Gasteiger partial charge on any atom is -0.332 e. The molecule has 1 saturated heterocycles. The first-order valence-electron chi connectivity index (χ1n) is 9.63. The molecule has 0 radical (unpaired) electrons. The van der Waals surface area contributed by atoms with Crippen molar-refractivity contribution in [2.75, 3.05) is 26.7 Å². The van der Waals surface area contributed by atoms with Gasteiger partial charge in [-0.15, -0.1) is 0 Å². The Kier molecular flexibility index (Phi) is 4.06. The minimum atomic E-state index is 0.142. The number of rotatable bonds is 3. The molecule has 3 aromatic rings. The standard InChI is InChI=1S/C20H24N6O/c1-13-6-8-14(9-7-13)26-16-5-3-4-15(16)18(23-26)20-22-19(24-27-20)17-12-21-10-11-25(17)2/h6-9,17,21H,3-5,10-12H2,1-2H3. The van der Waals surface area contributed by atoms with E-state index in [4.69, 9.17) is 14.6 Å². The summed E-state index contributed by atoms with van der Waals surface area (Å²) >= 11 is 0. The van der Waals surface area contributed by atoms with E-state index in [0.29, 0.717) is 5.89 Å². The summed E-state index contributed by atoms with van der Waals surface area (Å²) in [4.78, 5) is 6.98. The molecule has 27 heavy (non-hydrogen) atoms. The highest BCUT2D eigenvalue weighted by molar-refractivity contribution is 5.58. The molecule has 1 atom stereocenters. The van der Waals surface area contributed by atoms with Gasteiger partial charge in [0.15, 0.2) is 11.5 Å². The largest absolute Gasteiger partial charge is 0.332 e. The Bertz CT molecular complexity index is 958. The fourth-order valence-corrected chi connectivity index (χ4v) is 4.07. The Morgan fingerprint density at radius 2 is 2.04 bits per heavy atom. The number of aryl methyl sites for hydroxylation is 1. The van der Waals surface area contributed by atoms with Crippen molar-refractivity contribution in [2.45, 2.75) is 32.2 Å². The Morgan fingerprint density at radius 1 is 1.19 bits per heavy atom. The maximum Gasteiger partial charge on any atom is 0.278 e. The summed E-state index contributed by atoms with van der Waals surface area (Å²) in [5, 5.41) is 12.5. The molecule has 1 aliphatic heterocycles. The number of aromatic nitrogens is 4. The Hall–Kier alpha value is -2.51. The summed E-state index contributed by atoms with van der Waals surface area (Å²) in [6.45, 7) is 4.91. The van der Waals surface area contributed by atoms with Crippen molar-refractivity contribution in [1.82, 2.24) is 30.1 Å². The fraction of sp³-hybridized carbons (Fsp3) is 0.450. The zero-order chi connectivity index (χ0) is 18.4. The van der Waals surface area contributed by atoms with Gasteiger partial charge in [-0.1, -0.05) is 22.9 Å². The summed E-state index contributed by atoms with van der Waals surface area (Å²) in [6, 6.07) is 8.62. The lowest BCUT2D eigenvalue weighted by Crippen LogP contribution is -2.44. The van der Waals surface area contributed by atoms with Gasteiger partial charge in [0, 0.05) is 30.9 Å². The van der Waals surface area contributed by atoms with E-state index in [1.807, 2.05) is 0 Å². The normalized spacial score (nSPS) is 20.1. The second-order valence-corrected chi connectivity index (χ2v) is 7.53. The fourth-order valence-electron chi connectivity index (χ4n) is 4.07. The molecule has 0 amide bonds. The third kappa shape index (κ3) is 2.87. The molecule has 1 aliphatic carbocycles. The molecule has 7 heteroatoms. The van der Waals surface area contributed by atoms with Crippen LogP contribution in [0.5, 0.6) is 0 Å². The summed E-state index contributed by atoms with van der Waals surface area (Å²) in [5.41, 5.74) is 5.69. The van der Waals surface area contributed by atoms with Crippen molar-refractivity contribution in [3.8, 4) is 17.3 Å². The number of nitrogens with zero attached hydrogens (tertiary/aromatic N) is 5. The van der Waals surface area contributed by atoms with Gasteiger partial charge < -0.3 is 9.84 Å². The van der Waals surface area contributed by atoms with E-state index in [-0.39, 0.29) is 6.04 Å². The van der Waals surface area contributed by atoms with Crippen LogP contribution in [0.4, 0.5) is 0 Å². The van der Waals surface area contributed by atoms with E-state index in [9.17, 15) is 0 Å². The minimum absolute atomic E-state index is 0.142. The molecule has 7 nitrogen and oxygen atoms in total. The van der Waals surface area contributed by atoms with Crippen LogP contribution in [0, 0.1) is 6.92 Å². The number of benzene rings is 1. The lowest BCUT2D eigenvalue weighted by Gasteiger charge is -2.30. The first kappa shape index (κ1) is 16.6. The number of likely N-dealkylation sites (N-methyl/N-ethyl adjacent to an activating group) is 1. The SMILES string of the molecule is Cc1ccc(-n2nc(-c3nc(C4CNCCN4C)no3)c3c2CCC3)cc1. The lowest BCUT2D eigenvalue weighted by atomic mass is 10.2. The van der Waals surface area contributed by atoms with Gasteiger partial charge in [0.2, 0.25) is 0 Å².